The molecule has 1 heterocycles. The molecule has 0 bridgehead atoms. The van der Waals surface area contributed by atoms with E-state index in [2.05, 4.69) is 9.97 Å². The van der Waals surface area contributed by atoms with E-state index >= 15 is 0 Å². The Bertz CT molecular complexity index is 578. The van der Waals surface area contributed by atoms with Crippen LogP contribution in [0.1, 0.15) is 27.6 Å². The van der Waals surface area contributed by atoms with Crippen molar-refractivity contribution in [3.63, 3.8) is 0 Å². The summed E-state index contributed by atoms with van der Waals surface area (Å²) in [5.41, 5.74) is 1.12. The van der Waals surface area contributed by atoms with Gasteiger partial charge in [-0.05, 0) is 31.4 Å². The first-order valence-electron chi connectivity index (χ1n) is 5.60. The Morgan fingerprint density at radius 3 is 2.78 bits per heavy atom. The summed E-state index contributed by atoms with van der Waals surface area (Å²) in [6, 6.07) is 6.47. The molecular weight excluding hydrogens is 235 g/mol. The van der Waals surface area contributed by atoms with E-state index in [1.165, 1.54) is 6.07 Å². The molecule has 0 aliphatic carbocycles. The lowest BCUT2D eigenvalue weighted by molar-refractivity contribution is 0.0689. The fourth-order valence-electron chi connectivity index (χ4n) is 1.86. The summed E-state index contributed by atoms with van der Waals surface area (Å²) in [4.78, 5) is 17.8. The van der Waals surface area contributed by atoms with Crippen LogP contribution in [-0.2, 0) is 12.8 Å². The second kappa shape index (κ2) is 5.00. The number of rotatable bonds is 4. The van der Waals surface area contributed by atoms with Crippen LogP contribution < -0.4 is 0 Å². The first-order valence-corrected chi connectivity index (χ1v) is 5.60. The van der Waals surface area contributed by atoms with Crippen LogP contribution in [0.25, 0.3) is 0 Å². The van der Waals surface area contributed by atoms with Crippen LogP contribution in [0.15, 0.2) is 24.3 Å². The van der Waals surface area contributed by atoms with Crippen LogP contribution in [0, 0.1) is 12.7 Å². The predicted octanol–water partition coefficient (Wildman–Crippen LogP) is 2.34. The van der Waals surface area contributed by atoms with Gasteiger partial charge in [0.25, 0.3) is 0 Å². The highest BCUT2D eigenvalue weighted by Crippen LogP contribution is 2.13. The first kappa shape index (κ1) is 12.3. The molecule has 0 spiro atoms. The number of carboxylic acids is 1. The largest absolute Gasteiger partial charge is 0.476 e. The third-order valence-electron chi connectivity index (χ3n) is 2.70. The average molecular weight is 248 g/mol. The quantitative estimate of drug-likeness (QED) is 0.872. The number of aromatic amines is 1. The number of carbonyl (C=O) groups is 1. The number of nitrogens with zero attached hydrogens (tertiary/aromatic N) is 1. The summed E-state index contributed by atoms with van der Waals surface area (Å²) in [6.45, 7) is 1.69. The summed E-state index contributed by atoms with van der Waals surface area (Å²) < 4.78 is 13.4. The molecule has 18 heavy (non-hydrogen) atoms. The van der Waals surface area contributed by atoms with Crippen LogP contribution in [0.2, 0.25) is 0 Å². The van der Waals surface area contributed by atoms with Crippen molar-refractivity contribution in [2.45, 2.75) is 19.8 Å². The van der Waals surface area contributed by atoms with Crippen molar-refractivity contribution in [3.8, 4) is 0 Å². The number of halogens is 1. The number of hydrogen-bond acceptors (Lipinski definition) is 2. The van der Waals surface area contributed by atoms with Crippen molar-refractivity contribution in [2.24, 2.45) is 0 Å². The van der Waals surface area contributed by atoms with Crippen molar-refractivity contribution in [3.05, 3.63) is 52.9 Å². The molecule has 4 nitrogen and oxygen atoms in total. The highest BCUT2D eigenvalue weighted by atomic mass is 19.1. The van der Waals surface area contributed by atoms with Crippen molar-refractivity contribution in [1.29, 1.82) is 0 Å². The molecule has 0 aliphatic rings. The van der Waals surface area contributed by atoms with E-state index in [1.807, 2.05) is 0 Å². The van der Waals surface area contributed by atoms with E-state index in [0.717, 1.165) is 0 Å². The average Bonchev–Trinajstić information content (AvgIpc) is 2.70. The number of nitrogens with one attached hydrogen (secondary N) is 1. The zero-order valence-electron chi connectivity index (χ0n) is 9.90. The molecule has 2 rings (SSSR count). The molecule has 0 atom stereocenters. The molecule has 94 valence electrons. The summed E-state index contributed by atoms with van der Waals surface area (Å²) in [5, 5.41) is 8.97. The Balaban J connectivity index is 2.16. The maximum atomic E-state index is 13.4. The zero-order valence-corrected chi connectivity index (χ0v) is 9.90. The highest BCUT2D eigenvalue weighted by molar-refractivity contribution is 5.86. The van der Waals surface area contributed by atoms with Crippen LogP contribution >= 0.6 is 0 Å². The second-order valence-electron chi connectivity index (χ2n) is 4.05. The summed E-state index contributed by atoms with van der Waals surface area (Å²) in [5.74, 6) is -0.788. The van der Waals surface area contributed by atoms with Gasteiger partial charge in [0, 0.05) is 5.69 Å². The third kappa shape index (κ3) is 2.56. The number of benzene rings is 1. The molecule has 2 N–H and O–H groups in total. The van der Waals surface area contributed by atoms with Gasteiger partial charge in [0.1, 0.15) is 11.6 Å². The number of aryl methyl sites for hydroxylation is 3. The molecule has 1 aromatic heterocycles. The Morgan fingerprint density at radius 1 is 1.39 bits per heavy atom. The fourth-order valence-corrected chi connectivity index (χ4v) is 1.86. The lowest BCUT2D eigenvalue weighted by Crippen LogP contribution is -2.04. The number of H-pyrrole nitrogens is 1. The van der Waals surface area contributed by atoms with Gasteiger partial charge >= 0.3 is 5.97 Å². The minimum Gasteiger partial charge on any atom is -0.476 e. The van der Waals surface area contributed by atoms with Gasteiger partial charge in [-0.1, -0.05) is 18.2 Å². The lowest BCUT2D eigenvalue weighted by Gasteiger charge is -2.02. The minimum atomic E-state index is -1.07. The molecule has 5 heteroatoms. The smallest absolute Gasteiger partial charge is 0.356 e. The van der Waals surface area contributed by atoms with Crippen LogP contribution in [0.5, 0.6) is 0 Å². The van der Waals surface area contributed by atoms with Gasteiger partial charge in [-0.2, -0.15) is 0 Å². The molecule has 0 aliphatic heterocycles. The molecule has 0 fully saturated rings. The maximum absolute atomic E-state index is 13.4. The second-order valence-corrected chi connectivity index (χ2v) is 4.05. The predicted molar refractivity (Wildman–Crippen MR) is 64.1 cm³/mol. The van der Waals surface area contributed by atoms with E-state index in [-0.39, 0.29) is 11.5 Å². The molecule has 0 saturated heterocycles. The Hall–Kier alpha value is -2.17. The van der Waals surface area contributed by atoms with Gasteiger partial charge in [-0.15, -0.1) is 0 Å². The number of hydrogen-bond donors (Lipinski definition) is 2. The molecular formula is C13H13FN2O2. The summed E-state index contributed by atoms with van der Waals surface area (Å²) >= 11 is 0. The highest BCUT2D eigenvalue weighted by Gasteiger charge is 2.15. The van der Waals surface area contributed by atoms with Gasteiger partial charge in [-0.3, -0.25) is 0 Å². The molecule has 2 aromatic rings. The number of aromatic carboxylic acids is 1. The van der Waals surface area contributed by atoms with E-state index < -0.39 is 5.97 Å². The van der Waals surface area contributed by atoms with Crippen molar-refractivity contribution >= 4 is 5.97 Å². The van der Waals surface area contributed by atoms with E-state index in [0.29, 0.717) is 29.9 Å². The van der Waals surface area contributed by atoms with Crippen molar-refractivity contribution < 1.29 is 14.3 Å². The van der Waals surface area contributed by atoms with Gasteiger partial charge in [-0.25, -0.2) is 14.2 Å². The number of carboxylic acid groups (broad SMARTS) is 1. The fraction of sp³-hybridized carbons (Fsp3) is 0.231. The molecule has 0 radical (unpaired) electrons. The van der Waals surface area contributed by atoms with E-state index in [4.69, 9.17) is 5.11 Å². The van der Waals surface area contributed by atoms with Crippen LogP contribution in [0.4, 0.5) is 4.39 Å². The topological polar surface area (TPSA) is 66.0 Å². The zero-order chi connectivity index (χ0) is 13.1. The first-order chi connectivity index (χ1) is 8.58. The number of imidazole rings is 1. The summed E-state index contributed by atoms with van der Waals surface area (Å²) in [7, 11) is 0. The molecule has 1 aromatic carbocycles. The summed E-state index contributed by atoms with van der Waals surface area (Å²) in [6.07, 6.45) is 0.859. The van der Waals surface area contributed by atoms with Crippen molar-refractivity contribution in [2.75, 3.05) is 0 Å². The standard InChI is InChI=1S/C13H13FN2O2/c1-8-15-11(12(16-8)13(17)18)7-6-9-4-2-3-5-10(9)14/h2-5H,6-7H2,1H3,(H,15,16)(H,17,18). The lowest BCUT2D eigenvalue weighted by atomic mass is 10.1. The molecule has 0 amide bonds. The van der Waals surface area contributed by atoms with Gasteiger partial charge in [0.05, 0.1) is 0 Å². The SMILES string of the molecule is Cc1nc(C(=O)O)c(CCc2ccccc2F)[nH]1. The monoisotopic (exact) mass is 248 g/mol. The minimum absolute atomic E-state index is 0.0174. The Kier molecular flexibility index (Phi) is 3.41. The Labute approximate surface area is 103 Å². The maximum Gasteiger partial charge on any atom is 0.356 e. The van der Waals surface area contributed by atoms with Gasteiger partial charge in [0.2, 0.25) is 0 Å². The molecule has 0 saturated carbocycles. The van der Waals surface area contributed by atoms with Crippen LogP contribution in [0.3, 0.4) is 0 Å². The van der Waals surface area contributed by atoms with E-state index in [9.17, 15) is 9.18 Å². The van der Waals surface area contributed by atoms with Gasteiger partial charge < -0.3 is 10.1 Å². The van der Waals surface area contributed by atoms with Crippen molar-refractivity contribution in [1.82, 2.24) is 9.97 Å². The van der Waals surface area contributed by atoms with E-state index in [1.54, 1.807) is 25.1 Å². The Morgan fingerprint density at radius 2 is 2.11 bits per heavy atom. The van der Waals surface area contributed by atoms with Crippen LogP contribution in [-0.4, -0.2) is 21.0 Å². The van der Waals surface area contributed by atoms with Gasteiger partial charge in [0.15, 0.2) is 5.69 Å². The third-order valence-corrected chi connectivity index (χ3v) is 2.70. The molecule has 0 unspecified atom stereocenters. The number of aromatic nitrogens is 2. The normalized spacial score (nSPS) is 10.6.